The fourth-order valence-corrected chi connectivity index (χ4v) is 4.57. The zero-order chi connectivity index (χ0) is 24.9. The molecule has 1 aliphatic rings. The van der Waals surface area contributed by atoms with Crippen molar-refractivity contribution in [3.05, 3.63) is 84.3 Å². The number of piperazine rings is 1. The molecule has 180 valence electrons. The number of nitrogens with zero attached hydrogens (tertiary/aromatic N) is 7. The smallest absolute Gasteiger partial charge is 0.142 e. The van der Waals surface area contributed by atoms with Crippen LogP contribution in [0.4, 0.5) is 5.69 Å². The second kappa shape index (κ2) is 10.4. The minimum atomic E-state index is 0.521. The second-order valence-electron chi connectivity index (χ2n) is 8.61. The van der Waals surface area contributed by atoms with Crippen molar-refractivity contribution in [3.8, 4) is 17.2 Å². The van der Waals surface area contributed by atoms with Crippen molar-refractivity contribution in [1.82, 2.24) is 29.8 Å². The van der Waals surface area contributed by atoms with E-state index in [0.29, 0.717) is 5.56 Å². The summed E-state index contributed by atoms with van der Waals surface area (Å²) in [5, 5.41) is 24.8. The summed E-state index contributed by atoms with van der Waals surface area (Å²) in [6.45, 7) is 4.55. The fourth-order valence-electron chi connectivity index (χ4n) is 4.57. The first-order chi connectivity index (χ1) is 17.7. The highest BCUT2D eigenvalue weighted by Gasteiger charge is 2.19. The van der Waals surface area contributed by atoms with E-state index in [-0.39, 0.29) is 0 Å². The molecule has 0 radical (unpaired) electrons. The molecule has 1 fully saturated rings. The minimum Gasteiger partial charge on any atom is -0.393 e. The zero-order valence-corrected chi connectivity index (χ0v) is 20.1. The lowest BCUT2D eigenvalue weighted by atomic mass is 9.99. The first kappa shape index (κ1) is 23.2. The first-order valence-corrected chi connectivity index (χ1v) is 11.8. The molecule has 4 heterocycles. The van der Waals surface area contributed by atoms with Crippen LogP contribution in [0.3, 0.4) is 0 Å². The summed E-state index contributed by atoms with van der Waals surface area (Å²) in [6.07, 6.45) is 10.1. The third kappa shape index (κ3) is 4.67. The molecule has 4 aromatic rings. The van der Waals surface area contributed by atoms with Gasteiger partial charge in [-0.3, -0.25) is 4.90 Å². The van der Waals surface area contributed by atoms with E-state index in [1.165, 1.54) is 11.9 Å². The Kier molecular flexibility index (Phi) is 6.69. The molecule has 0 aliphatic carbocycles. The summed E-state index contributed by atoms with van der Waals surface area (Å²) in [7, 11) is 1.80. The molecule has 5 rings (SSSR count). The van der Waals surface area contributed by atoms with Gasteiger partial charge in [0.2, 0.25) is 0 Å². The van der Waals surface area contributed by atoms with E-state index < -0.39 is 0 Å². The summed E-state index contributed by atoms with van der Waals surface area (Å²) in [5.41, 5.74) is 5.93. The summed E-state index contributed by atoms with van der Waals surface area (Å²) in [6, 6.07) is 14.6. The molecule has 2 N–H and O–H groups in total. The standard InChI is InChI=1S/C27H27N9/c1-30-16-22(14-28)21-13-25(27-23(15-29)17-33-36(27)18-21)20-3-5-24(6-4-20)35-11-9-34(10-12-35)19-26-31-7-2-8-32-26/h2-8,13-14,16-18,28,30H,9-12,19H2,1H3/b22-16+,28-14?. The molecular weight excluding hydrogens is 450 g/mol. The maximum absolute atomic E-state index is 9.65. The van der Waals surface area contributed by atoms with Crippen LogP contribution in [0.25, 0.3) is 22.2 Å². The molecule has 0 unspecified atom stereocenters. The third-order valence-electron chi connectivity index (χ3n) is 6.42. The normalized spacial score (nSPS) is 14.6. The number of fused-ring (bicyclic) bond motifs is 1. The van der Waals surface area contributed by atoms with Crippen LogP contribution < -0.4 is 10.2 Å². The number of rotatable bonds is 7. The Morgan fingerprint density at radius 1 is 1.14 bits per heavy atom. The summed E-state index contributed by atoms with van der Waals surface area (Å²) >= 11 is 0. The third-order valence-corrected chi connectivity index (χ3v) is 6.42. The van der Waals surface area contributed by atoms with E-state index in [0.717, 1.165) is 66.3 Å². The lowest BCUT2D eigenvalue weighted by Crippen LogP contribution is -2.46. The molecule has 0 bridgehead atoms. The van der Waals surface area contributed by atoms with Gasteiger partial charge < -0.3 is 15.6 Å². The fraction of sp³-hybridized carbons (Fsp3) is 0.222. The van der Waals surface area contributed by atoms with Crippen LogP contribution in [0.15, 0.2) is 67.4 Å². The van der Waals surface area contributed by atoms with E-state index in [1.807, 2.05) is 18.3 Å². The van der Waals surface area contributed by atoms with E-state index in [1.54, 1.807) is 36.4 Å². The van der Waals surface area contributed by atoms with Gasteiger partial charge in [-0.15, -0.1) is 0 Å². The molecule has 9 heteroatoms. The van der Waals surface area contributed by atoms with Gasteiger partial charge in [0.15, 0.2) is 0 Å². The highest BCUT2D eigenvalue weighted by atomic mass is 15.3. The molecule has 0 atom stereocenters. The molecule has 9 nitrogen and oxygen atoms in total. The van der Waals surface area contributed by atoms with Crippen LogP contribution in [-0.4, -0.2) is 63.9 Å². The number of hydrogen-bond donors (Lipinski definition) is 2. The molecule has 0 amide bonds. The SMILES string of the molecule is CN/C=C(\C=N)c1cc(-c2ccc(N3CCN(Cc4ncccn4)CC3)cc2)c2c(C#N)cnn2c1. The first-order valence-electron chi connectivity index (χ1n) is 11.8. The molecule has 1 saturated heterocycles. The largest absolute Gasteiger partial charge is 0.393 e. The average molecular weight is 478 g/mol. The Morgan fingerprint density at radius 3 is 2.56 bits per heavy atom. The second-order valence-corrected chi connectivity index (χ2v) is 8.61. The Hall–Kier alpha value is -4.55. The van der Waals surface area contributed by atoms with E-state index in [2.05, 4.69) is 60.5 Å². The van der Waals surface area contributed by atoms with Gasteiger partial charge in [-0.2, -0.15) is 10.4 Å². The monoisotopic (exact) mass is 477 g/mol. The molecule has 1 aromatic carbocycles. The van der Waals surface area contributed by atoms with Gasteiger partial charge in [0, 0.05) is 86.6 Å². The number of nitriles is 1. The van der Waals surface area contributed by atoms with Crippen molar-refractivity contribution in [3.63, 3.8) is 0 Å². The number of nitrogens with one attached hydrogen (secondary N) is 2. The molecule has 0 spiro atoms. The minimum absolute atomic E-state index is 0.521. The predicted molar refractivity (Wildman–Crippen MR) is 141 cm³/mol. The number of benzene rings is 1. The number of allylic oxidation sites excluding steroid dienone is 1. The summed E-state index contributed by atoms with van der Waals surface area (Å²) in [4.78, 5) is 13.4. The molecular formula is C27H27N9. The molecule has 36 heavy (non-hydrogen) atoms. The number of pyridine rings is 1. The number of aromatic nitrogens is 4. The van der Waals surface area contributed by atoms with Gasteiger partial charge in [0.25, 0.3) is 0 Å². The zero-order valence-electron chi connectivity index (χ0n) is 20.1. The van der Waals surface area contributed by atoms with Gasteiger partial charge in [-0.1, -0.05) is 12.1 Å². The van der Waals surface area contributed by atoms with Crippen LogP contribution in [0, 0.1) is 16.7 Å². The van der Waals surface area contributed by atoms with Crippen molar-refractivity contribution in [1.29, 1.82) is 10.7 Å². The van der Waals surface area contributed by atoms with Crippen LogP contribution in [0.1, 0.15) is 17.0 Å². The van der Waals surface area contributed by atoms with Crippen molar-refractivity contribution < 1.29 is 0 Å². The maximum atomic E-state index is 9.65. The highest BCUT2D eigenvalue weighted by molar-refractivity contribution is 6.08. The lowest BCUT2D eigenvalue weighted by Gasteiger charge is -2.35. The van der Waals surface area contributed by atoms with Gasteiger partial charge in [-0.25, -0.2) is 14.5 Å². The van der Waals surface area contributed by atoms with Crippen LogP contribution >= 0.6 is 0 Å². The Labute approximate surface area is 209 Å². The van der Waals surface area contributed by atoms with Crippen molar-refractivity contribution in [2.24, 2.45) is 0 Å². The van der Waals surface area contributed by atoms with Crippen molar-refractivity contribution in [2.75, 3.05) is 38.1 Å². The van der Waals surface area contributed by atoms with Crippen LogP contribution in [0.2, 0.25) is 0 Å². The predicted octanol–water partition coefficient (Wildman–Crippen LogP) is 3.20. The summed E-state index contributed by atoms with van der Waals surface area (Å²) in [5.74, 6) is 0.858. The molecule has 3 aromatic heterocycles. The van der Waals surface area contributed by atoms with Crippen LogP contribution in [0.5, 0.6) is 0 Å². The van der Waals surface area contributed by atoms with Crippen LogP contribution in [-0.2, 0) is 6.54 Å². The maximum Gasteiger partial charge on any atom is 0.142 e. The van der Waals surface area contributed by atoms with Gasteiger partial charge >= 0.3 is 0 Å². The van der Waals surface area contributed by atoms with E-state index >= 15 is 0 Å². The number of hydrogen-bond acceptors (Lipinski definition) is 8. The molecule has 0 saturated carbocycles. The van der Waals surface area contributed by atoms with E-state index in [9.17, 15) is 5.26 Å². The van der Waals surface area contributed by atoms with Gasteiger partial charge in [0.05, 0.1) is 23.8 Å². The van der Waals surface area contributed by atoms with Crippen molar-refractivity contribution in [2.45, 2.75) is 6.54 Å². The quantitative estimate of drug-likeness (QED) is 0.394. The molecule has 1 aliphatic heterocycles. The topological polar surface area (TPSA) is 109 Å². The Balaban J connectivity index is 1.39. The number of anilines is 1. The van der Waals surface area contributed by atoms with Crippen molar-refractivity contribution >= 4 is 23.0 Å². The van der Waals surface area contributed by atoms with E-state index in [4.69, 9.17) is 5.41 Å². The lowest BCUT2D eigenvalue weighted by molar-refractivity contribution is 0.244. The summed E-state index contributed by atoms with van der Waals surface area (Å²) < 4.78 is 1.72. The van der Waals surface area contributed by atoms with Gasteiger partial charge in [0.1, 0.15) is 11.9 Å². The average Bonchev–Trinajstić information content (AvgIpc) is 3.35. The Morgan fingerprint density at radius 2 is 1.89 bits per heavy atom. The van der Waals surface area contributed by atoms with Gasteiger partial charge in [-0.05, 0) is 29.8 Å². The highest BCUT2D eigenvalue weighted by Crippen LogP contribution is 2.31. The Bertz CT molecular complexity index is 1420.